The molecule has 0 amide bonds. The lowest BCUT2D eigenvalue weighted by molar-refractivity contribution is -0.127. The topological polar surface area (TPSA) is 61.1 Å². The molecule has 3 heteroatoms. The predicted molar refractivity (Wildman–Crippen MR) is 46.4 cm³/mol. The fourth-order valence-electron chi connectivity index (χ4n) is 1.70. The highest BCUT2D eigenvalue weighted by Gasteiger charge is 2.26. The molecule has 2 N–H and O–H groups in total. The summed E-state index contributed by atoms with van der Waals surface area (Å²) in [5.74, 6) is -0.168. The van der Waals surface area contributed by atoms with Gasteiger partial charge in [0.15, 0.2) is 5.78 Å². The standard InChI is InChI=1S/C9H15NO2/c1-6(11)9(12)7-3-2-4-8(10)5-7/h7,9-10,12H,2-5H2,1H3/t7-,9+/m1/s1. The van der Waals surface area contributed by atoms with E-state index in [0.29, 0.717) is 12.1 Å². The third-order valence-electron chi connectivity index (χ3n) is 2.43. The number of rotatable bonds is 2. The molecule has 1 rings (SSSR count). The molecule has 1 aliphatic carbocycles. The van der Waals surface area contributed by atoms with E-state index in [4.69, 9.17) is 5.41 Å². The van der Waals surface area contributed by atoms with Crippen molar-refractivity contribution < 1.29 is 9.90 Å². The van der Waals surface area contributed by atoms with Gasteiger partial charge in [-0.1, -0.05) is 0 Å². The number of aliphatic hydroxyl groups is 1. The van der Waals surface area contributed by atoms with Crippen LogP contribution in [0.5, 0.6) is 0 Å². The molecule has 68 valence electrons. The Morgan fingerprint density at radius 3 is 2.92 bits per heavy atom. The Hall–Kier alpha value is -0.700. The fraction of sp³-hybridized carbons (Fsp3) is 0.778. The molecule has 3 nitrogen and oxygen atoms in total. The van der Waals surface area contributed by atoms with Crippen LogP contribution >= 0.6 is 0 Å². The average Bonchev–Trinajstić information content (AvgIpc) is 2.03. The summed E-state index contributed by atoms with van der Waals surface area (Å²) in [6, 6.07) is 0. The lowest BCUT2D eigenvalue weighted by atomic mass is 9.83. The zero-order valence-electron chi connectivity index (χ0n) is 7.34. The van der Waals surface area contributed by atoms with Gasteiger partial charge in [0.1, 0.15) is 6.10 Å². The molecule has 0 spiro atoms. The number of hydrogen-bond donors (Lipinski definition) is 2. The minimum Gasteiger partial charge on any atom is -0.385 e. The maximum Gasteiger partial charge on any atom is 0.158 e. The molecule has 0 aromatic rings. The second-order valence-electron chi connectivity index (χ2n) is 3.52. The van der Waals surface area contributed by atoms with Crippen LogP contribution < -0.4 is 0 Å². The highest BCUT2D eigenvalue weighted by molar-refractivity contribution is 5.85. The van der Waals surface area contributed by atoms with Gasteiger partial charge in [-0.05, 0) is 38.5 Å². The first kappa shape index (κ1) is 9.39. The Balaban J connectivity index is 2.51. The van der Waals surface area contributed by atoms with Gasteiger partial charge in [-0.2, -0.15) is 0 Å². The van der Waals surface area contributed by atoms with E-state index in [1.54, 1.807) is 0 Å². The molecule has 2 atom stereocenters. The third kappa shape index (κ3) is 2.14. The van der Waals surface area contributed by atoms with Crippen molar-refractivity contribution >= 4 is 11.5 Å². The van der Waals surface area contributed by atoms with Crippen molar-refractivity contribution in [1.29, 1.82) is 5.41 Å². The Kier molecular flexibility index (Phi) is 2.98. The normalized spacial score (nSPS) is 26.8. The Morgan fingerprint density at radius 1 is 1.75 bits per heavy atom. The lowest BCUT2D eigenvalue weighted by Gasteiger charge is -2.25. The quantitative estimate of drug-likeness (QED) is 0.651. The minimum absolute atomic E-state index is 0.00347. The number of ketones is 1. The van der Waals surface area contributed by atoms with E-state index in [2.05, 4.69) is 0 Å². The first-order valence-corrected chi connectivity index (χ1v) is 4.36. The number of nitrogens with one attached hydrogen (secondary N) is 1. The van der Waals surface area contributed by atoms with Crippen LogP contribution in [0.3, 0.4) is 0 Å². The smallest absolute Gasteiger partial charge is 0.158 e. The summed E-state index contributed by atoms with van der Waals surface area (Å²) < 4.78 is 0. The molecule has 0 radical (unpaired) electrons. The van der Waals surface area contributed by atoms with Crippen molar-refractivity contribution in [3.8, 4) is 0 Å². The van der Waals surface area contributed by atoms with Gasteiger partial charge in [0.05, 0.1) is 0 Å². The molecule has 0 saturated heterocycles. The molecular formula is C9H15NO2. The Bertz CT molecular complexity index is 199. The first-order chi connectivity index (χ1) is 5.61. The average molecular weight is 169 g/mol. The van der Waals surface area contributed by atoms with Crippen molar-refractivity contribution in [3.63, 3.8) is 0 Å². The zero-order valence-corrected chi connectivity index (χ0v) is 7.34. The van der Waals surface area contributed by atoms with Crippen molar-refractivity contribution in [2.24, 2.45) is 5.92 Å². The van der Waals surface area contributed by atoms with Crippen LogP contribution in [0, 0.1) is 11.3 Å². The maximum absolute atomic E-state index is 10.8. The van der Waals surface area contributed by atoms with Gasteiger partial charge in [0, 0.05) is 5.71 Å². The van der Waals surface area contributed by atoms with Crippen LogP contribution in [-0.2, 0) is 4.79 Å². The van der Waals surface area contributed by atoms with Gasteiger partial charge in [0.25, 0.3) is 0 Å². The summed E-state index contributed by atoms with van der Waals surface area (Å²) in [4.78, 5) is 10.8. The summed E-state index contributed by atoms with van der Waals surface area (Å²) in [6.45, 7) is 1.41. The van der Waals surface area contributed by atoms with E-state index in [0.717, 1.165) is 19.3 Å². The van der Waals surface area contributed by atoms with Crippen molar-refractivity contribution in [3.05, 3.63) is 0 Å². The largest absolute Gasteiger partial charge is 0.385 e. The maximum atomic E-state index is 10.8. The van der Waals surface area contributed by atoms with Gasteiger partial charge >= 0.3 is 0 Å². The van der Waals surface area contributed by atoms with E-state index in [1.807, 2.05) is 0 Å². The van der Waals surface area contributed by atoms with Crippen LogP contribution in [0.4, 0.5) is 0 Å². The molecule has 1 saturated carbocycles. The second kappa shape index (κ2) is 3.81. The Labute approximate surface area is 72.3 Å². The molecule has 0 aromatic carbocycles. The van der Waals surface area contributed by atoms with E-state index in [9.17, 15) is 9.90 Å². The predicted octanol–water partition coefficient (Wildman–Crippen LogP) is 1.15. The summed E-state index contributed by atoms with van der Waals surface area (Å²) in [7, 11) is 0. The van der Waals surface area contributed by atoms with E-state index in [-0.39, 0.29) is 11.7 Å². The monoisotopic (exact) mass is 169 g/mol. The third-order valence-corrected chi connectivity index (χ3v) is 2.43. The molecule has 0 aliphatic heterocycles. The number of Topliss-reactive ketones (excluding diaryl/α,β-unsaturated/α-hetero) is 1. The minimum atomic E-state index is -0.842. The number of aliphatic hydroxyl groups excluding tert-OH is 1. The number of carbonyl (C=O) groups excluding carboxylic acids is 1. The molecule has 12 heavy (non-hydrogen) atoms. The van der Waals surface area contributed by atoms with Crippen LogP contribution in [0.1, 0.15) is 32.6 Å². The lowest BCUT2D eigenvalue weighted by Crippen LogP contribution is -2.31. The summed E-state index contributed by atoms with van der Waals surface area (Å²) in [6.07, 6.45) is 2.41. The van der Waals surface area contributed by atoms with E-state index in [1.165, 1.54) is 6.92 Å². The van der Waals surface area contributed by atoms with Crippen molar-refractivity contribution in [2.75, 3.05) is 0 Å². The summed E-state index contributed by atoms with van der Waals surface area (Å²) in [5.41, 5.74) is 0.673. The molecule has 0 heterocycles. The van der Waals surface area contributed by atoms with Crippen LogP contribution in [0.2, 0.25) is 0 Å². The molecule has 0 aromatic heterocycles. The molecular weight excluding hydrogens is 154 g/mol. The van der Waals surface area contributed by atoms with Crippen molar-refractivity contribution in [2.45, 2.75) is 38.7 Å². The van der Waals surface area contributed by atoms with Crippen LogP contribution in [-0.4, -0.2) is 22.7 Å². The van der Waals surface area contributed by atoms with Gasteiger partial charge in [-0.3, -0.25) is 4.79 Å². The zero-order chi connectivity index (χ0) is 9.14. The number of hydrogen-bond acceptors (Lipinski definition) is 3. The van der Waals surface area contributed by atoms with Gasteiger partial charge in [0.2, 0.25) is 0 Å². The second-order valence-corrected chi connectivity index (χ2v) is 3.52. The SMILES string of the molecule is CC(=O)[C@H](O)[C@@H]1CCCC(=N)C1. The van der Waals surface area contributed by atoms with Crippen LogP contribution in [0.15, 0.2) is 0 Å². The number of carbonyl (C=O) groups is 1. The van der Waals surface area contributed by atoms with Crippen molar-refractivity contribution in [1.82, 2.24) is 0 Å². The fourth-order valence-corrected chi connectivity index (χ4v) is 1.70. The van der Waals surface area contributed by atoms with Gasteiger partial charge in [-0.25, -0.2) is 0 Å². The van der Waals surface area contributed by atoms with Crippen LogP contribution in [0.25, 0.3) is 0 Å². The molecule has 1 aliphatic rings. The highest BCUT2D eigenvalue weighted by atomic mass is 16.3. The molecule has 1 fully saturated rings. The van der Waals surface area contributed by atoms with Gasteiger partial charge in [-0.15, -0.1) is 0 Å². The van der Waals surface area contributed by atoms with E-state index >= 15 is 0 Å². The first-order valence-electron chi connectivity index (χ1n) is 4.36. The molecule has 0 bridgehead atoms. The highest BCUT2D eigenvalue weighted by Crippen LogP contribution is 2.24. The van der Waals surface area contributed by atoms with E-state index < -0.39 is 6.10 Å². The Morgan fingerprint density at radius 2 is 2.42 bits per heavy atom. The molecule has 0 unspecified atom stereocenters. The summed E-state index contributed by atoms with van der Waals surface area (Å²) in [5, 5.41) is 16.9. The van der Waals surface area contributed by atoms with Gasteiger partial charge < -0.3 is 10.5 Å². The summed E-state index contributed by atoms with van der Waals surface area (Å²) >= 11 is 0.